The Balaban J connectivity index is 2.87. The summed E-state index contributed by atoms with van der Waals surface area (Å²) in [6.07, 6.45) is 9.21. The van der Waals surface area contributed by atoms with E-state index in [1.54, 1.807) is 0 Å². The second-order valence-electron chi connectivity index (χ2n) is 3.50. The summed E-state index contributed by atoms with van der Waals surface area (Å²) in [7, 11) is 0. The fourth-order valence-electron chi connectivity index (χ4n) is 1.46. The van der Waals surface area contributed by atoms with Crippen LogP contribution < -0.4 is 5.32 Å². The van der Waals surface area contributed by atoms with Gasteiger partial charge in [0.1, 0.15) is 17.3 Å². The average molecular weight is 238 g/mol. The molecule has 1 aromatic rings. The van der Waals surface area contributed by atoms with Gasteiger partial charge in [0.25, 0.3) is 0 Å². The summed E-state index contributed by atoms with van der Waals surface area (Å²) in [5.74, 6) is 3.45. The first-order valence-corrected chi connectivity index (χ1v) is 5.80. The predicted octanol–water partition coefficient (Wildman–Crippen LogP) is 2.91. The Bertz CT molecular complexity index is 384. The predicted molar refractivity (Wildman–Crippen MR) is 67.6 cm³/mol. The van der Waals surface area contributed by atoms with Crippen LogP contribution in [0.3, 0.4) is 0 Å². The highest BCUT2D eigenvalue weighted by Crippen LogP contribution is 2.21. The number of halogens is 1. The van der Waals surface area contributed by atoms with Crippen LogP contribution in [-0.2, 0) is 6.42 Å². The minimum absolute atomic E-state index is 0.237. The van der Waals surface area contributed by atoms with Gasteiger partial charge in [0.15, 0.2) is 0 Å². The number of hydrogen-bond donors (Lipinski definition) is 1. The van der Waals surface area contributed by atoms with E-state index in [2.05, 4.69) is 28.1 Å². The van der Waals surface area contributed by atoms with Crippen molar-refractivity contribution in [2.45, 2.75) is 39.2 Å². The number of nitrogens with one attached hydrogen (secondary N) is 1. The van der Waals surface area contributed by atoms with Gasteiger partial charge in [0, 0.05) is 18.0 Å². The summed E-state index contributed by atoms with van der Waals surface area (Å²) >= 11 is 6.00. The molecule has 1 unspecified atom stereocenters. The molecular formula is C12H16ClN3. The smallest absolute Gasteiger partial charge is 0.137 e. The molecule has 1 rings (SSSR count). The van der Waals surface area contributed by atoms with Gasteiger partial charge >= 0.3 is 0 Å². The van der Waals surface area contributed by atoms with Gasteiger partial charge in [-0.3, -0.25) is 0 Å². The molecule has 4 heteroatoms. The molecule has 1 heterocycles. The van der Waals surface area contributed by atoms with Crippen LogP contribution in [0.1, 0.15) is 32.3 Å². The van der Waals surface area contributed by atoms with Gasteiger partial charge in [-0.2, -0.15) is 0 Å². The molecule has 0 fully saturated rings. The molecule has 0 aliphatic rings. The van der Waals surface area contributed by atoms with Crippen molar-refractivity contribution < 1.29 is 0 Å². The molecule has 3 nitrogen and oxygen atoms in total. The van der Waals surface area contributed by atoms with Gasteiger partial charge < -0.3 is 5.32 Å². The molecule has 16 heavy (non-hydrogen) atoms. The number of nitrogens with zero attached hydrogens (tertiary/aromatic N) is 2. The lowest BCUT2D eigenvalue weighted by molar-refractivity contribution is 0.709. The molecule has 0 radical (unpaired) electrons. The third-order valence-corrected chi connectivity index (χ3v) is 2.77. The first-order valence-electron chi connectivity index (χ1n) is 5.42. The van der Waals surface area contributed by atoms with E-state index >= 15 is 0 Å². The Hall–Kier alpha value is -1.27. The highest BCUT2D eigenvalue weighted by molar-refractivity contribution is 6.30. The molecule has 1 N–H and O–H groups in total. The quantitative estimate of drug-likeness (QED) is 0.632. The third-order valence-electron chi connectivity index (χ3n) is 2.44. The van der Waals surface area contributed by atoms with Crippen LogP contribution >= 0.6 is 11.6 Å². The summed E-state index contributed by atoms with van der Waals surface area (Å²) in [5, 5.41) is 3.82. The van der Waals surface area contributed by atoms with Gasteiger partial charge in [-0.25, -0.2) is 9.97 Å². The zero-order valence-corrected chi connectivity index (χ0v) is 10.4. The second kappa shape index (κ2) is 6.34. The standard InChI is InChI=1S/C12H16ClN3/c1-4-7-9(5-2)16-12-10(6-3)11(13)14-8-15-12/h1,8-9H,5-7H2,2-3H3,(H,14,15,16). The van der Waals surface area contributed by atoms with Crippen molar-refractivity contribution in [3.8, 4) is 12.3 Å². The molecular weight excluding hydrogens is 222 g/mol. The maximum atomic E-state index is 6.00. The first kappa shape index (κ1) is 12.8. The molecule has 0 saturated carbocycles. The number of terminal acetylenes is 1. The zero-order chi connectivity index (χ0) is 12.0. The highest BCUT2D eigenvalue weighted by atomic mass is 35.5. The number of hydrogen-bond acceptors (Lipinski definition) is 3. The van der Waals surface area contributed by atoms with E-state index in [1.807, 2.05) is 6.92 Å². The fraction of sp³-hybridized carbons (Fsp3) is 0.500. The molecule has 0 amide bonds. The number of aromatic nitrogens is 2. The van der Waals surface area contributed by atoms with E-state index in [0.29, 0.717) is 11.6 Å². The van der Waals surface area contributed by atoms with Crippen LogP contribution in [0.4, 0.5) is 5.82 Å². The lowest BCUT2D eigenvalue weighted by atomic mass is 10.1. The molecule has 0 bridgehead atoms. The van der Waals surface area contributed by atoms with Gasteiger partial charge in [-0.1, -0.05) is 25.4 Å². The van der Waals surface area contributed by atoms with Crippen molar-refractivity contribution in [1.29, 1.82) is 0 Å². The van der Waals surface area contributed by atoms with Crippen LogP contribution in [0.25, 0.3) is 0 Å². The summed E-state index contributed by atoms with van der Waals surface area (Å²) in [4.78, 5) is 8.17. The van der Waals surface area contributed by atoms with Crippen molar-refractivity contribution in [1.82, 2.24) is 9.97 Å². The van der Waals surface area contributed by atoms with Gasteiger partial charge in [0.2, 0.25) is 0 Å². The minimum atomic E-state index is 0.237. The second-order valence-corrected chi connectivity index (χ2v) is 3.86. The normalized spacial score (nSPS) is 11.9. The van der Waals surface area contributed by atoms with E-state index in [4.69, 9.17) is 18.0 Å². The highest BCUT2D eigenvalue weighted by Gasteiger charge is 2.11. The Morgan fingerprint density at radius 3 is 2.81 bits per heavy atom. The van der Waals surface area contributed by atoms with Gasteiger partial charge in [-0.05, 0) is 12.8 Å². The summed E-state index contributed by atoms with van der Waals surface area (Å²) in [5.41, 5.74) is 0.944. The molecule has 0 spiro atoms. The molecule has 1 atom stereocenters. The maximum Gasteiger partial charge on any atom is 0.137 e. The summed E-state index contributed by atoms with van der Waals surface area (Å²) in [6, 6.07) is 0.237. The molecule has 0 aromatic carbocycles. The third kappa shape index (κ3) is 3.11. The van der Waals surface area contributed by atoms with Crippen molar-refractivity contribution >= 4 is 17.4 Å². The monoisotopic (exact) mass is 237 g/mol. The van der Waals surface area contributed by atoms with E-state index in [0.717, 1.165) is 24.2 Å². The molecule has 0 aliphatic heterocycles. The van der Waals surface area contributed by atoms with Crippen LogP contribution in [0.2, 0.25) is 5.15 Å². The van der Waals surface area contributed by atoms with Crippen molar-refractivity contribution in [2.24, 2.45) is 0 Å². The van der Waals surface area contributed by atoms with Crippen LogP contribution in [0.5, 0.6) is 0 Å². The minimum Gasteiger partial charge on any atom is -0.366 e. The van der Waals surface area contributed by atoms with Crippen LogP contribution in [-0.4, -0.2) is 16.0 Å². The average Bonchev–Trinajstić information content (AvgIpc) is 2.28. The van der Waals surface area contributed by atoms with Crippen molar-refractivity contribution in [2.75, 3.05) is 5.32 Å². The fourth-order valence-corrected chi connectivity index (χ4v) is 1.73. The summed E-state index contributed by atoms with van der Waals surface area (Å²) in [6.45, 7) is 4.11. The van der Waals surface area contributed by atoms with Crippen molar-refractivity contribution in [3.05, 3.63) is 17.0 Å². The van der Waals surface area contributed by atoms with E-state index in [-0.39, 0.29) is 6.04 Å². The van der Waals surface area contributed by atoms with E-state index < -0.39 is 0 Å². The largest absolute Gasteiger partial charge is 0.366 e. The van der Waals surface area contributed by atoms with Gasteiger partial charge in [0.05, 0.1) is 0 Å². The van der Waals surface area contributed by atoms with Gasteiger partial charge in [-0.15, -0.1) is 12.3 Å². The Labute approximate surface area is 102 Å². The number of anilines is 1. The lowest BCUT2D eigenvalue weighted by Crippen LogP contribution is -2.19. The maximum absolute atomic E-state index is 6.00. The molecule has 86 valence electrons. The van der Waals surface area contributed by atoms with E-state index in [9.17, 15) is 0 Å². The first-order chi connectivity index (χ1) is 7.72. The Morgan fingerprint density at radius 1 is 1.50 bits per heavy atom. The van der Waals surface area contributed by atoms with Crippen LogP contribution in [0.15, 0.2) is 6.33 Å². The van der Waals surface area contributed by atoms with Crippen molar-refractivity contribution in [3.63, 3.8) is 0 Å². The molecule has 0 saturated heterocycles. The van der Waals surface area contributed by atoms with E-state index in [1.165, 1.54) is 6.33 Å². The number of rotatable bonds is 5. The molecule has 1 aromatic heterocycles. The Morgan fingerprint density at radius 2 is 2.25 bits per heavy atom. The zero-order valence-electron chi connectivity index (χ0n) is 9.63. The Kier molecular flexibility index (Phi) is 5.07. The summed E-state index contributed by atoms with van der Waals surface area (Å²) < 4.78 is 0. The SMILES string of the molecule is C#CCC(CC)Nc1ncnc(Cl)c1CC. The molecule has 0 aliphatic carbocycles. The lowest BCUT2D eigenvalue weighted by Gasteiger charge is -2.17. The van der Waals surface area contributed by atoms with Crippen LogP contribution in [0, 0.1) is 12.3 Å². The topological polar surface area (TPSA) is 37.8 Å².